The molecule has 0 aliphatic rings. The van der Waals surface area contributed by atoms with Crippen LogP contribution in [-0.2, 0) is 0 Å². The number of hydrogen-bond donors (Lipinski definition) is 1. The van der Waals surface area contributed by atoms with Crippen molar-refractivity contribution in [2.75, 3.05) is 19.0 Å². The molecule has 3 heteroatoms. The number of hydrogen-bond acceptors (Lipinski definition) is 3. The highest BCUT2D eigenvalue weighted by atomic mass is 16.5. The van der Waals surface area contributed by atoms with Gasteiger partial charge in [0.15, 0.2) is 0 Å². The van der Waals surface area contributed by atoms with Crippen LogP contribution >= 0.6 is 0 Å². The Hall–Kier alpha value is -1.25. The van der Waals surface area contributed by atoms with Crippen molar-refractivity contribution < 1.29 is 4.74 Å². The van der Waals surface area contributed by atoms with Crippen molar-refractivity contribution in [3.8, 4) is 5.88 Å². The largest absolute Gasteiger partial charge is 0.480 e. The summed E-state index contributed by atoms with van der Waals surface area (Å²) >= 11 is 0. The number of nitrogens with one attached hydrogen (secondary N) is 1. The lowest BCUT2D eigenvalue weighted by atomic mass is 9.97. The third-order valence-electron chi connectivity index (χ3n) is 1.77. The Balaban J connectivity index is 2.67. The predicted molar refractivity (Wildman–Crippen MR) is 58.7 cm³/mol. The van der Waals surface area contributed by atoms with Crippen molar-refractivity contribution in [1.82, 2.24) is 4.98 Å². The minimum atomic E-state index is 0.251. The van der Waals surface area contributed by atoms with E-state index in [0.29, 0.717) is 5.88 Å². The third kappa shape index (κ3) is 3.24. The molecule has 0 spiro atoms. The molecular formula is C11H18N2O. The summed E-state index contributed by atoms with van der Waals surface area (Å²) in [7, 11) is 1.63. The Kier molecular flexibility index (Phi) is 3.33. The van der Waals surface area contributed by atoms with E-state index in [2.05, 4.69) is 31.1 Å². The van der Waals surface area contributed by atoms with E-state index < -0.39 is 0 Å². The molecule has 1 aromatic heterocycles. The maximum Gasteiger partial charge on any atom is 0.237 e. The summed E-state index contributed by atoms with van der Waals surface area (Å²) < 4.78 is 5.14. The summed E-state index contributed by atoms with van der Waals surface area (Å²) in [4.78, 5) is 4.11. The quantitative estimate of drug-likeness (QED) is 0.803. The molecule has 3 nitrogen and oxygen atoms in total. The first-order chi connectivity index (χ1) is 6.53. The molecule has 0 radical (unpaired) electrons. The molecule has 78 valence electrons. The molecule has 0 fully saturated rings. The van der Waals surface area contributed by atoms with Crippen LogP contribution in [0.3, 0.4) is 0 Å². The van der Waals surface area contributed by atoms with Gasteiger partial charge in [-0.05, 0) is 17.5 Å². The normalized spacial score (nSPS) is 11.1. The van der Waals surface area contributed by atoms with Gasteiger partial charge in [0.25, 0.3) is 0 Å². The fourth-order valence-corrected chi connectivity index (χ4v) is 1.05. The van der Waals surface area contributed by atoms with E-state index in [1.54, 1.807) is 13.3 Å². The maximum absolute atomic E-state index is 5.14. The average molecular weight is 194 g/mol. The van der Waals surface area contributed by atoms with Gasteiger partial charge in [-0.2, -0.15) is 0 Å². The molecule has 1 N–H and O–H groups in total. The third-order valence-corrected chi connectivity index (χ3v) is 1.77. The van der Waals surface area contributed by atoms with Gasteiger partial charge in [-0.25, -0.2) is 4.98 Å². The standard InChI is InChI=1S/C11H18N2O/c1-11(2,3)8-13-9-6-5-7-12-10(9)14-4/h5-7,13H,8H2,1-4H3. The number of ether oxygens (including phenoxy) is 1. The van der Waals surface area contributed by atoms with Crippen LogP contribution in [0.25, 0.3) is 0 Å². The highest BCUT2D eigenvalue weighted by Crippen LogP contribution is 2.22. The van der Waals surface area contributed by atoms with E-state index in [4.69, 9.17) is 4.74 Å². The van der Waals surface area contributed by atoms with E-state index >= 15 is 0 Å². The number of pyridine rings is 1. The lowest BCUT2D eigenvalue weighted by Gasteiger charge is -2.20. The molecule has 0 saturated carbocycles. The first-order valence-electron chi connectivity index (χ1n) is 4.76. The van der Waals surface area contributed by atoms with Crippen molar-refractivity contribution >= 4 is 5.69 Å². The zero-order valence-corrected chi connectivity index (χ0v) is 9.29. The lowest BCUT2D eigenvalue weighted by Crippen LogP contribution is -2.19. The van der Waals surface area contributed by atoms with Crippen LogP contribution < -0.4 is 10.1 Å². The number of methoxy groups -OCH3 is 1. The van der Waals surface area contributed by atoms with E-state index in [9.17, 15) is 0 Å². The highest BCUT2D eigenvalue weighted by Gasteiger charge is 2.11. The summed E-state index contributed by atoms with van der Waals surface area (Å²) in [5, 5.41) is 3.32. The van der Waals surface area contributed by atoms with Crippen LogP contribution in [0.4, 0.5) is 5.69 Å². The molecule has 0 aromatic carbocycles. The first-order valence-corrected chi connectivity index (χ1v) is 4.76. The highest BCUT2D eigenvalue weighted by molar-refractivity contribution is 5.51. The molecule has 0 unspecified atom stereocenters. The van der Waals surface area contributed by atoms with Gasteiger partial charge in [-0.15, -0.1) is 0 Å². The van der Waals surface area contributed by atoms with E-state index in [-0.39, 0.29) is 5.41 Å². The zero-order valence-electron chi connectivity index (χ0n) is 9.29. The molecule has 1 aromatic rings. The van der Waals surface area contributed by atoms with Crippen LogP contribution in [0.1, 0.15) is 20.8 Å². The molecule has 0 aliphatic carbocycles. The molecule has 1 heterocycles. The smallest absolute Gasteiger partial charge is 0.237 e. The van der Waals surface area contributed by atoms with Gasteiger partial charge in [0.1, 0.15) is 0 Å². The van der Waals surface area contributed by atoms with E-state index in [0.717, 1.165) is 12.2 Å². The summed E-state index contributed by atoms with van der Waals surface area (Å²) in [6.45, 7) is 7.45. The molecule has 0 saturated heterocycles. The van der Waals surface area contributed by atoms with Gasteiger partial charge in [0, 0.05) is 12.7 Å². The second-order valence-electron chi connectivity index (χ2n) is 4.47. The minimum Gasteiger partial charge on any atom is -0.480 e. The lowest BCUT2D eigenvalue weighted by molar-refractivity contribution is 0.397. The Labute approximate surface area is 85.5 Å². The molecule has 1 rings (SSSR count). The van der Waals surface area contributed by atoms with Crippen LogP contribution in [0, 0.1) is 5.41 Å². The van der Waals surface area contributed by atoms with E-state index in [1.807, 2.05) is 12.1 Å². The second-order valence-corrected chi connectivity index (χ2v) is 4.47. The fraction of sp³-hybridized carbons (Fsp3) is 0.545. The Morgan fingerprint density at radius 2 is 2.14 bits per heavy atom. The summed E-state index contributed by atoms with van der Waals surface area (Å²) in [5.74, 6) is 0.650. The Morgan fingerprint density at radius 3 is 2.71 bits per heavy atom. The average Bonchev–Trinajstić information content (AvgIpc) is 2.14. The zero-order chi connectivity index (χ0) is 10.6. The molecule has 14 heavy (non-hydrogen) atoms. The van der Waals surface area contributed by atoms with Gasteiger partial charge in [-0.3, -0.25) is 0 Å². The number of anilines is 1. The molecule has 0 aliphatic heterocycles. The van der Waals surface area contributed by atoms with Gasteiger partial charge in [-0.1, -0.05) is 20.8 Å². The second kappa shape index (κ2) is 4.31. The summed E-state index contributed by atoms with van der Waals surface area (Å²) in [5.41, 5.74) is 1.20. The monoisotopic (exact) mass is 194 g/mol. The molecule has 0 amide bonds. The van der Waals surface area contributed by atoms with Gasteiger partial charge in [0.05, 0.1) is 12.8 Å². The van der Waals surface area contributed by atoms with Crippen LogP contribution in [0.15, 0.2) is 18.3 Å². The van der Waals surface area contributed by atoms with Crippen molar-refractivity contribution in [2.24, 2.45) is 5.41 Å². The summed E-state index contributed by atoms with van der Waals surface area (Å²) in [6.07, 6.45) is 1.72. The molecular weight excluding hydrogens is 176 g/mol. The van der Waals surface area contributed by atoms with Crippen LogP contribution in [0.2, 0.25) is 0 Å². The molecule has 0 atom stereocenters. The van der Waals surface area contributed by atoms with Gasteiger partial charge < -0.3 is 10.1 Å². The van der Waals surface area contributed by atoms with Crippen LogP contribution in [-0.4, -0.2) is 18.6 Å². The van der Waals surface area contributed by atoms with Crippen molar-refractivity contribution in [3.63, 3.8) is 0 Å². The fourth-order valence-electron chi connectivity index (χ4n) is 1.05. The topological polar surface area (TPSA) is 34.1 Å². The number of aromatic nitrogens is 1. The van der Waals surface area contributed by atoms with Crippen LogP contribution in [0.5, 0.6) is 5.88 Å². The molecule has 0 bridgehead atoms. The van der Waals surface area contributed by atoms with Crippen molar-refractivity contribution in [3.05, 3.63) is 18.3 Å². The van der Waals surface area contributed by atoms with Gasteiger partial charge in [0.2, 0.25) is 5.88 Å². The SMILES string of the molecule is COc1ncccc1NCC(C)(C)C. The van der Waals surface area contributed by atoms with E-state index in [1.165, 1.54) is 0 Å². The Morgan fingerprint density at radius 1 is 1.43 bits per heavy atom. The maximum atomic E-state index is 5.14. The Bertz CT molecular complexity index is 292. The summed E-state index contributed by atoms with van der Waals surface area (Å²) in [6, 6.07) is 3.87. The van der Waals surface area contributed by atoms with Gasteiger partial charge >= 0.3 is 0 Å². The first kappa shape index (κ1) is 10.8. The van der Waals surface area contributed by atoms with Crippen molar-refractivity contribution in [1.29, 1.82) is 0 Å². The van der Waals surface area contributed by atoms with Crippen molar-refractivity contribution in [2.45, 2.75) is 20.8 Å². The number of nitrogens with zero attached hydrogens (tertiary/aromatic N) is 1. The minimum absolute atomic E-state index is 0.251. The number of rotatable bonds is 3. The predicted octanol–water partition coefficient (Wildman–Crippen LogP) is 2.55.